The zero-order valence-electron chi connectivity index (χ0n) is 9.19. The van der Waals surface area contributed by atoms with Gasteiger partial charge < -0.3 is 5.32 Å². The normalized spacial score (nSPS) is 15.9. The average molecular weight is 220 g/mol. The van der Waals surface area contributed by atoms with Crippen molar-refractivity contribution in [1.29, 1.82) is 0 Å². The van der Waals surface area contributed by atoms with Gasteiger partial charge in [-0.2, -0.15) is 0 Å². The SMILES string of the molecule is O=C(NCc1ccccc1)N1CCCCO1. The molecule has 1 aliphatic heterocycles. The van der Waals surface area contributed by atoms with E-state index in [-0.39, 0.29) is 6.03 Å². The van der Waals surface area contributed by atoms with E-state index in [1.807, 2.05) is 30.3 Å². The zero-order valence-corrected chi connectivity index (χ0v) is 9.19. The molecule has 1 aromatic carbocycles. The molecule has 0 bridgehead atoms. The van der Waals surface area contributed by atoms with Crippen molar-refractivity contribution in [2.24, 2.45) is 0 Å². The van der Waals surface area contributed by atoms with Crippen molar-refractivity contribution >= 4 is 6.03 Å². The molecule has 1 aromatic rings. The number of carbonyl (C=O) groups excluding carboxylic acids is 1. The fourth-order valence-electron chi connectivity index (χ4n) is 1.62. The molecule has 0 aromatic heterocycles. The minimum absolute atomic E-state index is 0.149. The number of benzene rings is 1. The average Bonchev–Trinajstić information content (AvgIpc) is 2.38. The van der Waals surface area contributed by atoms with E-state index in [1.54, 1.807) is 0 Å². The highest BCUT2D eigenvalue weighted by Gasteiger charge is 2.16. The maximum atomic E-state index is 11.7. The molecule has 1 aliphatic rings. The van der Waals surface area contributed by atoms with E-state index in [0.29, 0.717) is 19.7 Å². The first-order chi connectivity index (χ1) is 7.86. The molecule has 0 radical (unpaired) electrons. The van der Waals surface area contributed by atoms with E-state index in [9.17, 15) is 4.79 Å². The number of nitrogens with zero attached hydrogens (tertiary/aromatic N) is 1. The molecule has 1 fully saturated rings. The highest BCUT2D eigenvalue weighted by atomic mass is 16.7. The van der Waals surface area contributed by atoms with Gasteiger partial charge in [-0.3, -0.25) is 4.84 Å². The van der Waals surface area contributed by atoms with Gasteiger partial charge in [-0.25, -0.2) is 9.86 Å². The van der Waals surface area contributed by atoms with E-state index in [0.717, 1.165) is 18.4 Å². The monoisotopic (exact) mass is 220 g/mol. The van der Waals surface area contributed by atoms with Gasteiger partial charge in [-0.1, -0.05) is 30.3 Å². The van der Waals surface area contributed by atoms with Crippen molar-refractivity contribution < 1.29 is 9.63 Å². The van der Waals surface area contributed by atoms with Crippen molar-refractivity contribution in [1.82, 2.24) is 10.4 Å². The topological polar surface area (TPSA) is 41.6 Å². The van der Waals surface area contributed by atoms with Crippen LogP contribution in [0.4, 0.5) is 4.79 Å². The third kappa shape index (κ3) is 2.97. The summed E-state index contributed by atoms with van der Waals surface area (Å²) in [6, 6.07) is 9.69. The zero-order chi connectivity index (χ0) is 11.2. The van der Waals surface area contributed by atoms with Gasteiger partial charge in [0.1, 0.15) is 0 Å². The summed E-state index contributed by atoms with van der Waals surface area (Å²) in [5.41, 5.74) is 1.09. The lowest BCUT2D eigenvalue weighted by Crippen LogP contribution is -2.42. The van der Waals surface area contributed by atoms with Crippen LogP contribution in [0.15, 0.2) is 30.3 Å². The van der Waals surface area contributed by atoms with E-state index >= 15 is 0 Å². The maximum Gasteiger partial charge on any atom is 0.341 e. The van der Waals surface area contributed by atoms with E-state index < -0.39 is 0 Å². The van der Waals surface area contributed by atoms with E-state index in [4.69, 9.17) is 4.84 Å². The molecule has 1 saturated heterocycles. The van der Waals surface area contributed by atoms with Gasteiger partial charge in [0.25, 0.3) is 0 Å². The van der Waals surface area contributed by atoms with Crippen molar-refractivity contribution in [2.45, 2.75) is 19.4 Å². The quantitative estimate of drug-likeness (QED) is 0.827. The lowest BCUT2D eigenvalue weighted by Gasteiger charge is -2.25. The molecule has 2 amide bonds. The number of rotatable bonds is 2. The molecular formula is C12H16N2O2. The Labute approximate surface area is 95.2 Å². The van der Waals surface area contributed by atoms with Crippen LogP contribution in [0, 0.1) is 0 Å². The summed E-state index contributed by atoms with van der Waals surface area (Å²) >= 11 is 0. The van der Waals surface area contributed by atoms with Crippen LogP contribution < -0.4 is 5.32 Å². The summed E-state index contributed by atoms with van der Waals surface area (Å²) in [7, 11) is 0. The Morgan fingerprint density at radius 3 is 2.81 bits per heavy atom. The van der Waals surface area contributed by atoms with Crippen LogP contribution in [-0.4, -0.2) is 24.2 Å². The van der Waals surface area contributed by atoms with Crippen molar-refractivity contribution in [3.8, 4) is 0 Å². The highest BCUT2D eigenvalue weighted by molar-refractivity contribution is 5.73. The summed E-state index contributed by atoms with van der Waals surface area (Å²) in [4.78, 5) is 16.9. The standard InChI is InChI=1S/C12H16N2O2/c15-12(14-8-4-5-9-16-14)13-10-11-6-2-1-3-7-11/h1-3,6-7H,4-5,8-10H2,(H,13,15). The summed E-state index contributed by atoms with van der Waals surface area (Å²) in [6.45, 7) is 1.86. The maximum absolute atomic E-state index is 11.7. The Hall–Kier alpha value is -1.55. The minimum atomic E-state index is -0.149. The lowest BCUT2D eigenvalue weighted by molar-refractivity contribution is -0.139. The van der Waals surface area contributed by atoms with Crippen molar-refractivity contribution in [2.75, 3.05) is 13.2 Å². The molecule has 0 atom stereocenters. The van der Waals surface area contributed by atoms with Crippen LogP contribution in [0.1, 0.15) is 18.4 Å². The van der Waals surface area contributed by atoms with Crippen LogP contribution in [0.3, 0.4) is 0 Å². The first-order valence-corrected chi connectivity index (χ1v) is 5.58. The number of amides is 2. The molecule has 16 heavy (non-hydrogen) atoms. The second kappa shape index (κ2) is 5.51. The second-order valence-corrected chi connectivity index (χ2v) is 3.79. The Bertz CT molecular complexity index is 334. The van der Waals surface area contributed by atoms with Gasteiger partial charge in [0.05, 0.1) is 13.2 Å². The second-order valence-electron chi connectivity index (χ2n) is 3.79. The van der Waals surface area contributed by atoms with Crippen molar-refractivity contribution in [3.63, 3.8) is 0 Å². The van der Waals surface area contributed by atoms with Crippen LogP contribution in [0.2, 0.25) is 0 Å². The number of urea groups is 1. The van der Waals surface area contributed by atoms with Crippen molar-refractivity contribution in [3.05, 3.63) is 35.9 Å². The molecule has 0 unspecified atom stereocenters. The summed E-state index contributed by atoms with van der Waals surface area (Å²) in [6.07, 6.45) is 2.04. The smallest absolute Gasteiger partial charge is 0.332 e. The fraction of sp³-hybridized carbons (Fsp3) is 0.417. The molecule has 1 N–H and O–H groups in total. The van der Waals surface area contributed by atoms with Gasteiger partial charge in [0.15, 0.2) is 0 Å². The molecule has 4 heteroatoms. The van der Waals surface area contributed by atoms with Gasteiger partial charge in [-0.05, 0) is 18.4 Å². The largest absolute Gasteiger partial charge is 0.341 e. The first kappa shape index (κ1) is 11.0. The third-order valence-electron chi connectivity index (χ3n) is 2.52. The van der Waals surface area contributed by atoms with E-state index in [1.165, 1.54) is 5.06 Å². The minimum Gasteiger partial charge on any atom is -0.332 e. The van der Waals surface area contributed by atoms with Crippen LogP contribution in [0.5, 0.6) is 0 Å². The summed E-state index contributed by atoms with van der Waals surface area (Å²) < 4.78 is 0. The van der Waals surface area contributed by atoms with Gasteiger partial charge >= 0.3 is 6.03 Å². The highest BCUT2D eigenvalue weighted by Crippen LogP contribution is 2.06. The molecule has 2 rings (SSSR count). The number of hydrogen-bond acceptors (Lipinski definition) is 2. The molecular weight excluding hydrogens is 204 g/mol. The molecule has 1 heterocycles. The Kier molecular flexibility index (Phi) is 3.77. The van der Waals surface area contributed by atoms with Gasteiger partial charge in [-0.15, -0.1) is 0 Å². The number of nitrogens with one attached hydrogen (secondary N) is 1. The number of hydroxylamine groups is 2. The van der Waals surface area contributed by atoms with Gasteiger partial charge in [0.2, 0.25) is 0 Å². The van der Waals surface area contributed by atoms with Crippen LogP contribution >= 0.6 is 0 Å². The van der Waals surface area contributed by atoms with Gasteiger partial charge in [0, 0.05) is 6.54 Å². The molecule has 0 spiro atoms. The Morgan fingerprint density at radius 2 is 2.12 bits per heavy atom. The van der Waals surface area contributed by atoms with Crippen LogP contribution in [-0.2, 0) is 11.4 Å². The third-order valence-corrected chi connectivity index (χ3v) is 2.52. The predicted octanol–water partition coefficient (Wildman–Crippen LogP) is 1.92. The molecule has 86 valence electrons. The summed E-state index contributed by atoms with van der Waals surface area (Å²) in [5.74, 6) is 0. The number of carbonyl (C=O) groups is 1. The first-order valence-electron chi connectivity index (χ1n) is 5.58. The number of hydrogen-bond donors (Lipinski definition) is 1. The van der Waals surface area contributed by atoms with Crippen LogP contribution in [0.25, 0.3) is 0 Å². The Balaban J connectivity index is 1.79. The van der Waals surface area contributed by atoms with E-state index in [2.05, 4.69) is 5.32 Å². The fourth-order valence-corrected chi connectivity index (χ4v) is 1.62. The lowest BCUT2D eigenvalue weighted by atomic mass is 10.2. The molecule has 0 saturated carbocycles. The summed E-state index contributed by atoms with van der Waals surface area (Å²) in [5, 5.41) is 4.24. The predicted molar refractivity (Wildman–Crippen MR) is 60.6 cm³/mol. The molecule has 4 nitrogen and oxygen atoms in total. The Morgan fingerprint density at radius 1 is 1.31 bits per heavy atom. The molecule has 0 aliphatic carbocycles.